The van der Waals surface area contributed by atoms with Gasteiger partial charge in [-0.15, -0.1) is 12.4 Å². The van der Waals surface area contributed by atoms with E-state index < -0.39 is 5.60 Å². The van der Waals surface area contributed by atoms with Crippen molar-refractivity contribution in [3.05, 3.63) is 70.5 Å². The molecule has 0 radical (unpaired) electrons. The molecule has 0 amide bonds. The van der Waals surface area contributed by atoms with Crippen LogP contribution in [0, 0.1) is 11.7 Å². The van der Waals surface area contributed by atoms with Gasteiger partial charge >= 0.3 is 0 Å². The van der Waals surface area contributed by atoms with Crippen LogP contribution in [0.25, 0.3) is 0 Å². The minimum atomic E-state index is -0.857. The van der Waals surface area contributed by atoms with E-state index in [9.17, 15) is 9.50 Å². The zero-order valence-corrected chi connectivity index (χ0v) is 17.4. The second-order valence-electron chi connectivity index (χ2n) is 7.69. The van der Waals surface area contributed by atoms with Crippen molar-refractivity contribution in [2.45, 2.75) is 43.7 Å². The van der Waals surface area contributed by atoms with Gasteiger partial charge in [0.15, 0.2) is 0 Å². The monoisotopic (exact) mass is 411 g/mol. The SMILES string of the molecule is CN(C)C(c1ccccc1)C1CCCCC1(O)Cc1ccc(F)cc1Cl.Cl. The van der Waals surface area contributed by atoms with E-state index in [1.54, 1.807) is 6.07 Å². The first-order chi connectivity index (χ1) is 12.4. The number of hydrogen-bond acceptors (Lipinski definition) is 2. The van der Waals surface area contributed by atoms with E-state index in [-0.39, 0.29) is 30.2 Å². The molecule has 27 heavy (non-hydrogen) atoms. The summed E-state index contributed by atoms with van der Waals surface area (Å²) in [5.41, 5.74) is 1.17. The number of hydrogen-bond donors (Lipinski definition) is 1. The smallest absolute Gasteiger partial charge is 0.124 e. The molecule has 1 fully saturated rings. The summed E-state index contributed by atoms with van der Waals surface area (Å²) in [5, 5.41) is 12.1. The van der Waals surface area contributed by atoms with Gasteiger partial charge in [-0.3, -0.25) is 0 Å². The maximum Gasteiger partial charge on any atom is 0.124 e. The molecule has 1 aliphatic carbocycles. The molecule has 3 unspecified atom stereocenters. The van der Waals surface area contributed by atoms with Gasteiger partial charge in [-0.05, 0) is 50.2 Å². The van der Waals surface area contributed by atoms with Crippen molar-refractivity contribution < 1.29 is 9.50 Å². The lowest BCUT2D eigenvalue weighted by Gasteiger charge is -2.46. The zero-order chi connectivity index (χ0) is 18.7. The highest BCUT2D eigenvalue weighted by molar-refractivity contribution is 6.31. The maximum absolute atomic E-state index is 13.4. The van der Waals surface area contributed by atoms with Crippen LogP contribution in [-0.4, -0.2) is 29.7 Å². The van der Waals surface area contributed by atoms with Gasteiger partial charge in [0.2, 0.25) is 0 Å². The van der Waals surface area contributed by atoms with Gasteiger partial charge in [0.05, 0.1) is 5.60 Å². The molecular formula is C22H28Cl2FNO. The highest BCUT2D eigenvalue weighted by Crippen LogP contribution is 2.45. The minimum Gasteiger partial charge on any atom is -0.389 e. The van der Waals surface area contributed by atoms with Crippen LogP contribution in [0.5, 0.6) is 0 Å². The van der Waals surface area contributed by atoms with Crippen molar-refractivity contribution in [1.82, 2.24) is 4.90 Å². The molecule has 0 spiro atoms. The third kappa shape index (κ3) is 5.03. The quantitative estimate of drug-likeness (QED) is 0.684. The van der Waals surface area contributed by atoms with E-state index >= 15 is 0 Å². The lowest BCUT2D eigenvalue weighted by molar-refractivity contribution is -0.0770. The van der Waals surface area contributed by atoms with E-state index in [1.165, 1.54) is 17.7 Å². The predicted molar refractivity (Wildman–Crippen MR) is 112 cm³/mol. The van der Waals surface area contributed by atoms with Gasteiger partial charge < -0.3 is 10.0 Å². The normalized spacial score (nSPS) is 23.7. The molecule has 2 aromatic rings. The Bertz CT molecular complexity index is 740. The second kappa shape index (κ2) is 9.38. The summed E-state index contributed by atoms with van der Waals surface area (Å²) >= 11 is 6.26. The van der Waals surface area contributed by atoms with Crippen molar-refractivity contribution in [2.24, 2.45) is 5.92 Å². The van der Waals surface area contributed by atoms with Crippen LogP contribution in [-0.2, 0) is 6.42 Å². The van der Waals surface area contributed by atoms with Crippen LogP contribution in [0.3, 0.4) is 0 Å². The van der Waals surface area contributed by atoms with Crippen molar-refractivity contribution >= 4 is 24.0 Å². The lowest BCUT2D eigenvalue weighted by Crippen LogP contribution is -2.48. The van der Waals surface area contributed by atoms with Crippen LogP contribution in [0.15, 0.2) is 48.5 Å². The first kappa shape index (κ1) is 22.2. The third-order valence-corrected chi connectivity index (χ3v) is 6.01. The molecule has 2 aromatic carbocycles. The summed E-state index contributed by atoms with van der Waals surface area (Å²) in [6, 6.07) is 14.9. The van der Waals surface area contributed by atoms with Crippen LogP contribution in [0.4, 0.5) is 4.39 Å². The highest BCUT2D eigenvalue weighted by Gasteiger charge is 2.44. The molecule has 3 atom stereocenters. The van der Waals surface area contributed by atoms with Crippen molar-refractivity contribution in [3.8, 4) is 0 Å². The van der Waals surface area contributed by atoms with Crippen LogP contribution >= 0.6 is 24.0 Å². The molecule has 0 heterocycles. The standard InChI is InChI=1S/C22H27ClFNO.ClH/c1-25(2)21(16-8-4-3-5-9-16)19-10-6-7-13-22(19,26)15-17-11-12-18(24)14-20(17)23;/h3-5,8-9,11-12,14,19,21,26H,6-7,10,13,15H2,1-2H3;1H. The van der Waals surface area contributed by atoms with Crippen LogP contribution in [0.1, 0.15) is 42.9 Å². The van der Waals surface area contributed by atoms with Crippen molar-refractivity contribution in [1.29, 1.82) is 0 Å². The molecular weight excluding hydrogens is 384 g/mol. The van der Waals surface area contributed by atoms with E-state index in [4.69, 9.17) is 11.6 Å². The summed E-state index contributed by atoms with van der Waals surface area (Å²) in [5.74, 6) is -0.254. The molecule has 5 heteroatoms. The fourth-order valence-corrected chi connectivity index (χ4v) is 4.69. The number of nitrogens with zero attached hydrogens (tertiary/aromatic N) is 1. The molecule has 0 bridgehead atoms. The van der Waals surface area contributed by atoms with E-state index in [0.29, 0.717) is 11.4 Å². The van der Waals surface area contributed by atoms with Crippen LogP contribution < -0.4 is 0 Å². The topological polar surface area (TPSA) is 23.5 Å². The largest absolute Gasteiger partial charge is 0.389 e. The summed E-state index contributed by atoms with van der Waals surface area (Å²) in [6.07, 6.45) is 4.27. The summed E-state index contributed by atoms with van der Waals surface area (Å²) in [7, 11) is 4.13. The van der Waals surface area contributed by atoms with E-state index in [0.717, 1.165) is 31.2 Å². The molecule has 1 aliphatic rings. The molecule has 0 aliphatic heterocycles. The van der Waals surface area contributed by atoms with Crippen LogP contribution in [0.2, 0.25) is 5.02 Å². The van der Waals surface area contributed by atoms with Gasteiger partial charge in [-0.2, -0.15) is 0 Å². The molecule has 2 nitrogen and oxygen atoms in total. The molecule has 0 aromatic heterocycles. The van der Waals surface area contributed by atoms with Gasteiger partial charge in [0.1, 0.15) is 5.82 Å². The Morgan fingerprint density at radius 3 is 2.52 bits per heavy atom. The van der Waals surface area contributed by atoms with Crippen molar-refractivity contribution in [2.75, 3.05) is 14.1 Å². The average molecular weight is 412 g/mol. The average Bonchev–Trinajstić information content (AvgIpc) is 2.60. The number of halogens is 3. The number of aliphatic hydroxyl groups is 1. The Morgan fingerprint density at radius 2 is 1.89 bits per heavy atom. The first-order valence-electron chi connectivity index (χ1n) is 9.28. The number of rotatable bonds is 5. The fourth-order valence-electron chi connectivity index (χ4n) is 4.46. The Hall–Kier alpha value is -1.13. The second-order valence-corrected chi connectivity index (χ2v) is 8.09. The molecule has 3 rings (SSSR count). The summed E-state index contributed by atoms with van der Waals surface area (Å²) < 4.78 is 13.4. The van der Waals surface area contributed by atoms with E-state index in [1.807, 2.05) is 18.2 Å². The molecule has 148 valence electrons. The Labute approximate surface area is 172 Å². The molecule has 1 saturated carbocycles. The predicted octanol–water partition coefficient (Wildman–Crippen LogP) is 5.67. The zero-order valence-electron chi connectivity index (χ0n) is 15.9. The Balaban J connectivity index is 0.00000261. The Morgan fingerprint density at radius 1 is 1.19 bits per heavy atom. The van der Waals surface area contributed by atoms with Gasteiger partial charge in [-0.1, -0.05) is 60.8 Å². The van der Waals surface area contributed by atoms with Gasteiger partial charge in [0.25, 0.3) is 0 Å². The van der Waals surface area contributed by atoms with Gasteiger partial charge in [0, 0.05) is 23.4 Å². The third-order valence-electron chi connectivity index (χ3n) is 5.66. The molecule has 1 N–H and O–H groups in total. The first-order valence-corrected chi connectivity index (χ1v) is 9.66. The van der Waals surface area contributed by atoms with Gasteiger partial charge in [-0.25, -0.2) is 4.39 Å². The summed E-state index contributed by atoms with van der Waals surface area (Å²) in [6.45, 7) is 0. The minimum absolute atomic E-state index is 0. The number of benzene rings is 2. The van der Waals surface area contributed by atoms with E-state index in [2.05, 4.69) is 31.1 Å². The lowest BCUT2D eigenvalue weighted by atomic mass is 9.67. The summed E-state index contributed by atoms with van der Waals surface area (Å²) in [4.78, 5) is 2.20. The van der Waals surface area contributed by atoms with Crippen molar-refractivity contribution in [3.63, 3.8) is 0 Å². The Kier molecular flexibility index (Phi) is 7.70. The highest BCUT2D eigenvalue weighted by atomic mass is 35.5. The maximum atomic E-state index is 13.4. The molecule has 0 saturated heterocycles. The fraction of sp³-hybridized carbons (Fsp3) is 0.455.